The van der Waals surface area contributed by atoms with Gasteiger partial charge in [0.2, 0.25) is 5.91 Å². The van der Waals surface area contributed by atoms with E-state index in [4.69, 9.17) is 9.15 Å². The smallest absolute Gasteiger partial charge is 0.338 e. The third kappa shape index (κ3) is 6.17. The number of hydrogen-bond donors (Lipinski definition) is 2. The molecule has 3 rings (SSSR count). The van der Waals surface area contributed by atoms with E-state index >= 15 is 0 Å². The van der Waals surface area contributed by atoms with Crippen molar-refractivity contribution in [1.29, 1.82) is 0 Å². The Balaban J connectivity index is 1.93. The lowest BCUT2D eigenvalue weighted by Crippen LogP contribution is -2.43. The summed E-state index contributed by atoms with van der Waals surface area (Å²) in [6.07, 6.45) is 0.728. The second-order valence-electron chi connectivity index (χ2n) is 9.36. The molecule has 0 saturated heterocycles. The van der Waals surface area contributed by atoms with Gasteiger partial charge in [0.15, 0.2) is 0 Å². The van der Waals surface area contributed by atoms with Gasteiger partial charge in [-0.3, -0.25) is 4.79 Å². The summed E-state index contributed by atoms with van der Waals surface area (Å²) < 4.78 is 10.8. The summed E-state index contributed by atoms with van der Waals surface area (Å²) in [5.41, 5.74) is 2.18. The van der Waals surface area contributed by atoms with E-state index in [0.29, 0.717) is 34.5 Å². The van der Waals surface area contributed by atoms with E-state index in [1.54, 1.807) is 13.2 Å². The average Bonchev–Trinajstić information content (AvgIpc) is 2.80. The number of rotatable bonds is 10. The van der Waals surface area contributed by atoms with Gasteiger partial charge >= 0.3 is 5.63 Å². The van der Waals surface area contributed by atoms with Crippen molar-refractivity contribution in [1.82, 2.24) is 5.32 Å². The van der Waals surface area contributed by atoms with Crippen LogP contribution in [0.15, 0.2) is 57.7 Å². The molecule has 0 aliphatic rings. The Morgan fingerprint density at radius 1 is 1.06 bits per heavy atom. The second kappa shape index (κ2) is 11.2. The van der Waals surface area contributed by atoms with Crippen LogP contribution in [0.1, 0.15) is 34.1 Å². The number of methoxy groups -OCH3 is 1. The molecule has 0 aliphatic carbocycles. The molecule has 1 unspecified atom stereocenters. The minimum absolute atomic E-state index is 0.0988. The number of carbonyl (C=O) groups is 1. The van der Waals surface area contributed by atoms with Gasteiger partial charge in [0.25, 0.3) is 0 Å². The van der Waals surface area contributed by atoms with Crippen molar-refractivity contribution in [3.63, 3.8) is 0 Å². The molecule has 7 nitrogen and oxygen atoms in total. The molecule has 182 valence electrons. The van der Waals surface area contributed by atoms with Crippen LogP contribution >= 0.6 is 0 Å². The molecule has 0 saturated carbocycles. The summed E-state index contributed by atoms with van der Waals surface area (Å²) in [5.74, 6) is 1.27. The standard InChI is InChI=1S/C27H35N3O4/c1-17(2)13-22(28-16-18(3)4)27(32)29-21-14-19(11-12-25(21)33-6)30(5)23-15-26(31)34-24-10-8-7-9-20(23)24/h7-12,14-15,17-18,22,28H,13,16H2,1-6H3,(H,29,32). The van der Waals surface area contributed by atoms with Crippen molar-refractivity contribution in [2.24, 2.45) is 11.8 Å². The number of nitrogens with zero attached hydrogens (tertiary/aromatic N) is 1. The average molecular weight is 466 g/mol. The molecular formula is C27H35N3O4. The molecule has 7 heteroatoms. The largest absolute Gasteiger partial charge is 0.495 e. The van der Waals surface area contributed by atoms with Crippen LogP contribution in [0.4, 0.5) is 17.1 Å². The quantitative estimate of drug-likeness (QED) is 0.402. The maximum atomic E-state index is 13.2. The van der Waals surface area contributed by atoms with E-state index in [2.05, 4.69) is 38.3 Å². The normalized spacial score (nSPS) is 12.2. The minimum atomic E-state index is -0.421. The van der Waals surface area contributed by atoms with Crippen molar-refractivity contribution in [3.05, 3.63) is 59.0 Å². The zero-order chi connectivity index (χ0) is 24.8. The molecule has 0 bridgehead atoms. The van der Waals surface area contributed by atoms with Crippen LogP contribution in [0.5, 0.6) is 5.75 Å². The number of nitrogens with one attached hydrogen (secondary N) is 2. The van der Waals surface area contributed by atoms with Crippen LogP contribution in [0.3, 0.4) is 0 Å². The Hall–Kier alpha value is -3.32. The number of anilines is 3. The topological polar surface area (TPSA) is 83.8 Å². The van der Waals surface area contributed by atoms with Crippen molar-refractivity contribution < 1.29 is 13.9 Å². The van der Waals surface area contributed by atoms with Gasteiger partial charge < -0.3 is 24.7 Å². The van der Waals surface area contributed by atoms with E-state index in [9.17, 15) is 9.59 Å². The third-order valence-corrected chi connectivity index (χ3v) is 5.61. The Kier molecular flexibility index (Phi) is 8.34. The van der Waals surface area contributed by atoms with E-state index in [-0.39, 0.29) is 11.9 Å². The van der Waals surface area contributed by atoms with Crippen LogP contribution in [0, 0.1) is 11.8 Å². The Bertz CT molecular complexity index is 1190. The number of benzene rings is 2. The number of amides is 1. The predicted molar refractivity (Wildman–Crippen MR) is 138 cm³/mol. The third-order valence-electron chi connectivity index (χ3n) is 5.61. The SMILES string of the molecule is COc1ccc(N(C)c2cc(=O)oc3ccccc23)cc1NC(=O)C(CC(C)C)NCC(C)C. The summed E-state index contributed by atoms with van der Waals surface area (Å²) >= 11 is 0. The molecule has 1 atom stereocenters. The Morgan fingerprint density at radius 2 is 1.79 bits per heavy atom. The van der Waals surface area contributed by atoms with E-state index in [1.165, 1.54) is 6.07 Å². The van der Waals surface area contributed by atoms with Crippen LogP contribution in [-0.2, 0) is 4.79 Å². The van der Waals surface area contributed by atoms with E-state index in [1.807, 2.05) is 48.3 Å². The highest BCUT2D eigenvalue weighted by Crippen LogP contribution is 2.34. The fraction of sp³-hybridized carbons (Fsp3) is 0.407. The molecule has 0 radical (unpaired) electrons. The molecule has 34 heavy (non-hydrogen) atoms. The molecule has 1 aromatic heterocycles. The van der Waals surface area contributed by atoms with Crippen molar-refractivity contribution in [3.8, 4) is 5.75 Å². The number of hydrogen-bond acceptors (Lipinski definition) is 6. The van der Waals surface area contributed by atoms with Gasteiger partial charge in [-0.2, -0.15) is 0 Å². The second-order valence-corrected chi connectivity index (χ2v) is 9.36. The van der Waals surface area contributed by atoms with Gasteiger partial charge in [0.1, 0.15) is 11.3 Å². The maximum Gasteiger partial charge on any atom is 0.338 e. The number of ether oxygens (including phenoxy) is 1. The Morgan fingerprint density at radius 3 is 2.47 bits per heavy atom. The number of carbonyl (C=O) groups excluding carboxylic acids is 1. The van der Waals surface area contributed by atoms with Crippen LogP contribution in [0.2, 0.25) is 0 Å². The monoisotopic (exact) mass is 465 g/mol. The zero-order valence-corrected chi connectivity index (χ0v) is 20.8. The van der Waals surface area contributed by atoms with Gasteiger partial charge in [-0.1, -0.05) is 39.8 Å². The van der Waals surface area contributed by atoms with E-state index in [0.717, 1.165) is 24.0 Å². The highest BCUT2D eigenvalue weighted by atomic mass is 16.5. The first-order valence-corrected chi connectivity index (χ1v) is 11.7. The zero-order valence-electron chi connectivity index (χ0n) is 20.8. The first kappa shape index (κ1) is 25.3. The lowest BCUT2D eigenvalue weighted by molar-refractivity contribution is -0.118. The van der Waals surface area contributed by atoms with Crippen LogP contribution in [0.25, 0.3) is 11.0 Å². The number of para-hydroxylation sites is 1. The maximum absolute atomic E-state index is 13.2. The molecule has 3 aromatic rings. The molecule has 0 spiro atoms. The molecule has 2 aromatic carbocycles. The van der Waals surface area contributed by atoms with Gasteiger partial charge in [-0.15, -0.1) is 0 Å². The summed E-state index contributed by atoms with van der Waals surface area (Å²) in [6.45, 7) is 9.21. The van der Waals surface area contributed by atoms with Gasteiger partial charge in [0, 0.05) is 24.2 Å². The summed E-state index contributed by atoms with van der Waals surface area (Å²) in [5, 5.41) is 7.26. The first-order valence-electron chi connectivity index (χ1n) is 11.7. The van der Waals surface area contributed by atoms with Crippen LogP contribution in [-0.4, -0.2) is 32.7 Å². The van der Waals surface area contributed by atoms with Gasteiger partial charge in [0.05, 0.1) is 24.5 Å². The minimum Gasteiger partial charge on any atom is -0.495 e. The highest BCUT2D eigenvalue weighted by molar-refractivity contribution is 5.97. The molecule has 2 N–H and O–H groups in total. The summed E-state index contributed by atoms with van der Waals surface area (Å²) in [6, 6.07) is 14.1. The predicted octanol–water partition coefficient (Wildman–Crippen LogP) is 5.17. The fourth-order valence-electron chi connectivity index (χ4n) is 3.87. The molecule has 1 amide bonds. The molecular weight excluding hydrogens is 430 g/mol. The van der Waals surface area contributed by atoms with Crippen molar-refractivity contribution >= 4 is 33.9 Å². The summed E-state index contributed by atoms with van der Waals surface area (Å²) in [7, 11) is 3.45. The molecule has 1 heterocycles. The lowest BCUT2D eigenvalue weighted by Gasteiger charge is -2.24. The molecule has 0 fully saturated rings. The van der Waals surface area contributed by atoms with Crippen molar-refractivity contribution in [2.75, 3.05) is 30.9 Å². The van der Waals surface area contributed by atoms with Gasteiger partial charge in [-0.25, -0.2) is 4.79 Å². The van der Waals surface area contributed by atoms with Crippen molar-refractivity contribution in [2.45, 2.75) is 40.2 Å². The Labute approximate surface area is 201 Å². The summed E-state index contributed by atoms with van der Waals surface area (Å²) in [4.78, 5) is 27.3. The van der Waals surface area contributed by atoms with Crippen LogP contribution < -0.4 is 25.9 Å². The number of fused-ring (bicyclic) bond motifs is 1. The molecule has 0 aliphatic heterocycles. The van der Waals surface area contributed by atoms with E-state index < -0.39 is 5.63 Å². The lowest BCUT2D eigenvalue weighted by atomic mass is 10.0. The fourth-order valence-corrected chi connectivity index (χ4v) is 3.87. The highest BCUT2D eigenvalue weighted by Gasteiger charge is 2.22. The first-order chi connectivity index (χ1) is 16.2. The van der Waals surface area contributed by atoms with Gasteiger partial charge in [-0.05, 0) is 55.1 Å².